The molecule has 0 saturated heterocycles. The number of ether oxygens (including phenoxy) is 7. The number of hydrogen-bond acceptors (Lipinski definition) is 9. The third-order valence-electron chi connectivity index (χ3n) is 10.4. The number of rotatable bonds is 28. The molecule has 0 bridgehead atoms. The molecule has 57 heavy (non-hydrogen) atoms. The van der Waals surface area contributed by atoms with E-state index in [1.54, 1.807) is 0 Å². The van der Waals surface area contributed by atoms with Gasteiger partial charge in [-0.1, -0.05) is 122 Å². The quantitative estimate of drug-likeness (QED) is 0.0405. The van der Waals surface area contributed by atoms with Gasteiger partial charge in [0.25, 0.3) is 0 Å². The minimum Gasteiger partial charge on any atom is -0.489 e. The number of esters is 2. The van der Waals surface area contributed by atoms with Crippen molar-refractivity contribution in [1.82, 2.24) is 0 Å². The first-order chi connectivity index (χ1) is 27.8. The summed E-state index contributed by atoms with van der Waals surface area (Å²) >= 11 is 0. The molecule has 1 aliphatic rings. The van der Waals surface area contributed by atoms with Gasteiger partial charge >= 0.3 is 11.9 Å². The van der Waals surface area contributed by atoms with Gasteiger partial charge in [-0.3, -0.25) is 0 Å². The van der Waals surface area contributed by atoms with Gasteiger partial charge in [-0.05, 0) is 49.3 Å². The van der Waals surface area contributed by atoms with E-state index in [1.165, 1.54) is 0 Å². The Hall–Kier alpha value is -4.60. The fourth-order valence-corrected chi connectivity index (χ4v) is 7.25. The molecule has 0 aromatic heterocycles. The summed E-state index contributed by atoms with van der Waals surface area (Å²) in [6, 6.07) is 17.6. The molecular weight excluding hydrogens is 721 g/mol. The van der Waals surface area contributed by atoms with E-state index in [4.69, 9.17) is 33.2 Å². The maximum Gasteiger partial charge on any atom is 0.330 e. The molecule has 4 rings (SSSR count). The molecule has 0 saturated carbocycles. The molecule has 4 atom stereocenters. The van der Waals surface area contributed by atoms with Crippen molar-refractivity contribution in [2.45, 2.75) is 104 Å². The summed E-state index contributed by atoms with van der Waals surface area (Å²) in [5, 5.41) is 1.66. The highest BCUT2D eigenvalue weighted by Crippen LogP contribution is 2.44. The molecule has 310 valence electrons. The molecule has 9 heteroatoms. The molecular formula is C48H64O9. The van der Waals surface area contributed by atoms with Crippen molar-refractivity contribution in [3.05, 3.63) is 103 Å². The molecule has 0 heterocycles. The molecule has 1 aliphatic carbocycles. The lowest BCUT2D eigenvalue weighted by atomic mass is 9.89. The van der Waals surface area contributed by atoms with E-state index in [0.717, 1.165) is 96.9 Å². The Bertz CT molecular complexity index is 1730. The van der Waals surface area contributed by atoms with Crippen molar-refractivity contribution >= 4 is 22.7 Å². The molecule has 4 unspecified atom stereocenters. The second kappa shape index (κ2) is 24.9. The van der Waals surface area contributed by atoms with Gasteiger partial charge in [0, 0.05) is 53.7 Å². The van der Waals surface area contributed by atoms with E-state index < -0.39 is 24.1 Å². The van der Waals surface area contributed by atoms with E-state index >= 15 is 0 Å². The Kier molecular flexibility index (Phi) is 19.7. The third-order valence-corrected chi connectivity index (χ3v) is 10.4. The Morgan fingerprint density at radius 3 is 1.61 bits per heavy atom. The Balaban J connectivity index is 1.63. The summed E-state index contributed by atoms with van der Waals surface area (Å²) in [7, 11) is 0. The fraction of sp³-hybridized carbons (Fsp3) is 0.500. The zero-order valence-corrected chi connectivity index (χ0v) is 34.6. The van der Waals surface area contributed by atoms with Gasteiger partial charge < -0.3 is 33.2 Å². The van der Waals surface area contributed by atoms with Crippen LogP contribution in [0.1, 0.15) is 90.2 Å². The molecule has 0 fully saturated rings. The van der Waals surface area contributed by atoms with Crippen LogP contribution in [-0.2, 0) is 41.4 Å². The van der Waals surface area contributed by atoms with Crippen LogP contribution in [0.3, 0.4) is 0 Å². The number of benzene rings is 3. The van der Waals surface area contributed by atoms with Crippen LogP contribution in [0.25, 0.3) is 10.8 Å². The average Bonchev–Trinajstić information content (AvgIpc) is 3.23. The Morgan fingerprint density at radius 1 is 0.649 bits per heavy atom. The summed E-state index contributed by atoms with van der Waals surface area (Å²) in [4.78, 5) is 24.9. The minimum absolute atomic E-state index is 0.0645. The maximum absolute atomic E-state index is 12.4. The molecule has 0 spiro atoms. The van der Waals surface area contributed by atoms with Crippen LogP contribution in [0.4, 0.5) is 0 Å². The highest BCUT2D eigenvalue weighted by atomic mass is 16.6. The summed E-state index contributed by atoms with van der Waals surface area (Å²) in [6.07, 6.45) is 12.7. The maximum atomic E-state index is 12.4. The number of allylic oxidation sites excluding steroid dienone is 2. The summed E-state index contributed by atoms with van der Waals surface area (Å²) in [5.74, 6) is 2.96. The molecule has 0 radical (unpaired) electrons. The highest BCUT2D eigenvalue weighted by Gasteiger charge is 2.28. The summed E-state index contributed by atoms with van der Waals surface area (Å²) in [6.45, 7) is 17.7. The van der Waals surface area contributed by atoms with Gasteiger partial charge in [0.05, 0.1) is 13.2 Å². The SMILES string of the molecule is C=CC(=O)OC(COCCC(CC)CCC)COc1c2c(c(OCC(COCCC(CC)CCC)OC(=O)C=C)c3ccccc13)CC(Oc1ccccc1)=CC2. The zero-order valence-electron chi connectivity index (χ0n) is 34.6. The standard InChI is InChI=1S/C48H64O9/c1-7-18-35(9-3)26-28-51-31-39(56-45(49)11-5)33-53-47-41-22-16-17-23-42(41)48(44-30-38(24-25-43(44)47)55-37-20-14-13-15-21-37)54-34-40(57-46(50)12-6)32-52-29-27-36(10-4)19-8-2/h11-17,20-24,35-36,39-40H,5-10,18-19,25-34H2,1-4H3. The van der Waals surface area contributed by atoms with Gasteiger partial charge in [-0.15, -0.1) is 0 Å². The van der Waals surface area contributed by atoms with Crippen molar-refractivity contribution in [3.8, 4) is 17.2 Å². The lowest BCUT2D eigenvalue weighted by molar-refractivity contribution is -0.148. The van der Waals surface area contributed by atoms with Gasteiger partial charge in [0.15, 0.2) is 12.2 Å². The Morgan fingerprint density at radius 2 is 1.14 bits per heavy atom. The number of para-hydroxylation sites is 1. The van der Waals surface area contributed by atoms with Crippen LogP contribution in [0.5, 0.6) is 17.2 Å². The fourth-order valence-electron chi connectivity index (χ4n) is 7.25. The van der Waals surface area contributed by atoms with Gasteiger partial charge in [-0.2, -0.15) is 0 Å². The largest absolute Gasteiger partial charge is 0.489 e. The van der Waals surface area contributed by atoms with Crippen molar-refractivity contribution in [2.75, 3.05) is 39.6 Å². The minimum atomic E-state index is -0.666. The van der Waals surface area contributed by atoms with Crippen LogP contribution >= 0.6 is 0 Å². The summed E-state index contributed by atoms with van der Waals surface area (Å²) in [5.41, 5.74) is 1.83. The molecule has 3 aromatic rings. The second-order valence-corrected chi connectivity index (χ2v) is 14.6. The number of hydrogen-bond donors (Lipinski definition) is 0. The number of carbonyl (C=O) groups excluding carboxylic acids is 2. The van der Waals surface area contributed by atoms with Crippen molar-refractivity contribution in [2.24, 2.45) is 11.8 Å². The predicted molar refractivity (Wildman–Crippen MR) is 226 cm³/mol. The number of carbonyl (C=O) groups is 2. The van der Waals surface area contributed by atoms with E-state index in [1.807, 2.05) is 54.6 Å². The molecule has 3 aromatic carbocycles. The lowest BCUT2D eigenvalue weighted by Crippen LogP contribution is -2.30. The zero-order chi connectivity index (χ0) is 40.8. The lowest BCUT2D eigenvalue weighted by Gasteiger charge is -2.27. The Labute approximate surface area is 340 Å². The average molecular weight is 785 g/mol. The molecule has 0 aliphatic heterocycles. The van der Waals surface area contributed by atoms with Crippen LogP contribution in [0.15, 0.2) is 91.7 Å². The molecule has 0 N–H and O–H groups in total. The molecule has 9 nitrogen and oxygen atoms in total. The monoisotopic (exact) mass is 784 g/mol. The van der Waals surface area contributed by atoms with Gasteiger partial charge in [0.2, 0.25) is 0 Å². The third kappa shape index (κ3) is 14.4. The summed E-state index contributed by atoms with van der Waals surface area (Å²) < 4.78 is 43.3. The van der Waals surface area contributed by atoms with Crippen LogP contribution in [0, 0.1) is 11.8 Å². The van der Waals surface area contributed by atoms with E-state index in [2.05, 4.69) is 46.9 Å². The van der Waals surface area contributed by atoms with E-state index in [9.17, 15) is 9.59 Å². The highest BCUT2D eigenvalue weighted by molar-refractivity contribution is 5.96. The first-order valence-corrected chi connectivity index (χ1v) is 20.9. The number of fused-ring (bicyclic) bond motifs is 2. The second-order valence-electron chi connectivity index (χ2n) is 14.6. The van der Waals surface area contributed by atoms with E-state index in [0.29, 0.717) is 49.4 Å². The van der Waals surface area contributed by atoms with Crippen LogP contribution < -0.4 is 14.2 Å². The normalized spacial score (nSPS) is 14.4. The van der Waals surface area contributed by atoms with Crippen molar-refractivity contribution in [1.29, 1.82) is 0 Å². The van der Waals surface area contributed by atoms with Crippen LogP contribution in [0.2, 0.25) is 0 Å². The van der Waals surface area contributed by atoms with Gasteiger partial charge in [-0.25, -0.2) is 9.59 Å². The first-order valence-electron chi connectivity index (χ1n) is 20.9. The topological polar surface area (TPSA) is 98.8 Å². The van der Waals surface area contributed by atoms with Crippen molar-refractivity contribution < 1.29 is 42.7 Å². The van der Waals surface area contributed by atoms with Gasteiger partial charge in [0.1, 0.15) is 36.2 Å². The van der Waals surface area contributed by atoms with Crippen molar-refractivity contribution in [3.63, 3.8) is 0 Å². The van der Waals surface area contributed by atoms with Crippen LogP contribution in [-0.4, -0.2) is 63.8 Å². The predicted octanol–water partition coefficient (Wildman–Crippen LogP) is 10.3. The van der Waals surface area contributed by atoms with E-state index in [-0.39, 0.29) is 26.4 Å². The smallest absolute Gasteiger partial charge is 0.330 e. The molecule has 0 amide bonds. The first kappa shape index (κ1) is 45.1.